The standard InChI is InChI=1S/C14H19FN2OS/c1-9(14(18)17(2)3)16-12-7-8-19-13-10(12)5-4-6-11(13)15/h4-6,9,12,16H,7-8H2,1-3H3. The first-order valence-electron chi connectivity index (χ1n) is 6.39. The van der Waals surface area contributed by atoms with Crippen molar-refractivity contribution in [3.8, 4) is 0 Å². The maximum Gasteiger partial charge on any atom is 0.238 e. The molecule has 0 saturated carbocycles. The van der Waals surface area contributed by atoms with Crippen molar-refractivity contribution in [2.24, 2.45) is 0 Å². The minimum absolute atomic E-state index is 0.0381. The Hall–Kier alpha value is -1.07. The van der Waals surface area contributed by atoms with Crippen LogP contribution in [-0.4, -0.2) is 36.7 Å². The van der Waals surface area contributed by atoms with Crippen LogP contribution in [-0.2, 0) is 4.79 Å². The lowest BCUT2D eigenvalue weighted by Crippen LogP contribution is -2.43. The molecule has 0 spiro atoms. The summed E-state index contributed by atoms with van der Waals surface area (Å²) in [5, 5.41) is 3.31. The van der Waals surface area contributed by atoms with Crippen molar-refractivity contribution in [3.63, 3.8) is 0 Å². The summed E-state index contributed by atoms with van der Waals surface area (Å²) < 4.78 is 13.7. The molecule has 3 nitrogen and oxygen atoms in total. The minimum Gasteiger partial charge on any atom is -0.347 e. The predicted molar refractivity (Wildman–Crippen MR) is 75.8 cm³/mol. The molecule has 5 heteroatoms. The van der Waals surface area contributed by atoms with Crippen LogP contribution in [0.5, 0.6) is 0 Å². The zero-order valence-corrected chi connectivity index (χ0v) is 12.3. The van der Waals surface area contributed by atoms with E-state index in [9.17, 15) is 9.18 Å². The zero-order chi connectivity index (χ0) is 14.0. The molecule has 0 aromatic heterocycles. The summed E-state index contributed by atoms with van der Waals surface area (Å²) in [6.45, 7) is 1.85. The molecule has 1 aromatic carbocycles. The molecule has 2 atom stereocenters. The number of amides is 1. The Kier molecular flexibility index (Phi) is 4.47. The van der Waals surface area contributed by atoms with Crippen LogP contribution in [0.15, 0.2) is 23.1 Å². The summed E-state index contributed by atoms with van der Waals surface area (Å²) in [5.41, 5.74) is 0.967. The Morgan fingerprint density at radius 3 is 2.95 bits per heavy atom. The molecule has 0 radical (unpaired) electrons. The number of carbonyl (C=O) groups excluding carboxylic acids is 1. The zero-order valence-electron chi connectivity index (χ0n) is 11.4. The average molecular weight is 282 g/mol. The fourth-order valence-corrected chi connectivity index (χ4v) is 3.46. The molecule has 1 N–H and O–H groups in total. The van der Waals surface area contributed by atoms with Gasteiger partial charge >= 0.3 is 0 Å². The van der Waals surface area contributed by atoms with Gasteiger partial charge in [-0.25, -0.2) is 4.39 Å². The highest BCUT2D eigenvalue weighted by Crippen LogP contribution is 2.37. The van der Waals surface area contributed by atoms with E-state index in [1.165, 1.54) is 6.07 Å². The van der Waals surface area contributed by atoms with E-state index in [1.807, 2.05) is 13.0 Å². The third-order valence-corrected chi connectivity index (χ3v) is 4.45. The van der Waals surface area contributed by atoms with Crippen LogP contribution in [0, 0.1) is 5.82 Å². The lowest BCUT2D eigenvalue weighted by atomic mass is 10.0. The molecule has 0 saturated heterocycles. The second kappa shape index (κ2) is 5.92. The predicted octanol–water partition coefficient (Wildman–Crippen LogP) is 2.43. The van der Waals surface area contributed by atoms with Crippen LogP contribution in [0.2, 0.25) is 0 Å². The highest BCUT2D eigenvalue weighted by Gasteiger charge is 2.26. The topological polar surface area (TPSA) is 32.3 Å². The molecule has 19 heavy (non-hydrogen) atoms. The molecule has 2 unspecified atom stereocenters. The third-order valence-electron chi connectivity index (χ3n) is 3.29. The van der Waals surface area contributed by atoms with Crippen LogP contribution >= 0.6 is 11.8 Å². The largest absolute Gasteiger partial charge is 0.347 e. The average Bonchev–Trinajstić information content (AvgIpc) is 2.39. The minimum atomic E-state index is -0.265. The lowest BCUT2D eigenvalue weighted by Gasteiger charge is -2.29. The van der Waals surface area contributed by atoms with Gasteiger partial charge in [0.05, 0.1) is 6.04 Å². The highest BCUT2D eigenvalue weighted by atomic mass is 32.2. The number of rotatable bonds is 3. The van der Waals surface area contributed by atoms with E-state index in [4.69, 9.17) is 0 Å². The van der Waals surface area contributed by atoms with Crippen molar-refractivity contribution in [1.82, 2.24) is 10.2 Å². The second-order valence-electron chi connectivity index (χ2n) is 4.97. The van der Waals surface area contributed by atoms with E-state index < -0.39 is 0 Å². The summed E-state index contributed by atoms with van der Waals surface area (Å²) >= 11 is 1.55. The first kappa shape index (κ1) is 14.3. The van der Waals surface area contributed by atoms with Crippen LogP contribution in [0.4, 0.5) is 4.39 Å². The van der Waals surface area contributed by atoms with Gasteiger partial charge in [0.1, 0.15) is 5.82 Å². The Bertz CT molecular complexity index is 479. The summed E-state index contributed by atoms with van der Waals surface area (Å²) in [6, 6.07) is 4.94. The first-order valence-corrected chi connectivity index (χ1v) is 7.37. The summed E-state index contributed by atoms with van der Waals surface area (Å²) in [4.78, 5) is 14.2. The van der Waals surface area contributed by atoms with Crippen molar-refractivity contribution in [3.05, 3.63) is 29.6 Å². The molecule has 1 heterocycles. The normalized spacial score (nSPS) is 19.7. The SMILES string of the molecule is CC(NC1CCSc2c(F)cccc21)C(=O)N(C)C. The molecule has 2 rings (SSSR count). The number of nitrogens with zero attached hydrogens (tertiary/aromatic N) is 1. The highest BCUT2D eigenvalue weighted by molar-refractivity contribution is 7.99. The summed E-state index contributed by atoms with van der Waals surface area (Å²) in [7, 11) is 3.48. The van der Waals surface area contributed by atoms with Crippen molar-refractivity contribution >= 4 is 17.7 Å². The van der Waals surface area contributed by atoms with Crippen LogP contribution in [0.3, 0.4) is 0 Å². The van der Waals surface area contributed by atoms with E-state index in [0.29, 0.717) is 0 Å². The number of halogens is 1. The molecule has 1 amide bonds. The number of thioether (sulfide) groups is 1. The number of fused-ring (bicyclic) bond motifs is 1. The van der Waals surface area contributed by atoms with Gasteiger partial charge in [-0.15, -0.1) is 11.8 Å². The number of benzene rings is 1. The van der Waals surface area contributed by atoms with Crippen molar-refractivity contribution in [2.75, 3.05) is 19.8 Å². The quantitative estimate of drug-likeness (QED) is 0.924. The fraction of sp³-hybridized carbons (Fsp3) is 0.500. The molecular formula is C14H19FN2OS. The number of hydrogen-bond acceptors (Lipinski definition) is 3. The van der Waals surface area contributed by atoms with Crippen LogP contribution < -0.4 is 5.32 Å². The summed E-state index contributed by atoms with van der Waals surface area (Å²) in [6.07, 6.45) is 0.909. The van der Waals surface area contributed by atoms with Gasteiger partial charge in [0, 0.05) is 25.0 Å². The van der Waals surface area contributed by atoms with E-state index in [1.54, 1.807) is 36.8 Å². The molecule has 1 aliphatic rings. The van der Waals surface area contributed by atoms with E-state index in [2.05, 4.69) is 5.32 Å². The molecule has 0 aliphatic carbocycles. The van der Waals surface area contributed by atoms with Gasteiger partial charge < -0.3 is 4.90 Å². The maximum absolute atomic E-state index is 13.7. The lowest BCUT2D eigenvalue weighted by molar-refractivity contribution is -0.130. The maximum atomic E-state index is 13.7. The van der Waals surface area contributed by atoms with Gasteiger partial charge in [-0.3, -0.25) is 10.1 Å². The molecule has 1 aromatic rings. The van der Waals surface area contributed by atoms with Gasteiger partial charge in [0.15, 0.2) is 0 Å². The first-order chi connectivity index (χ1) is 9.00. The van der Waals surface area contributed by atoms with Crippen LogP contribution in [0.1, 0.15) is 24.9 Å². The van der Waals surface area contributed by atoms with E-state index in [0.717, 1.165) is 22.6 Å². The van der Waals surface area contributed by atoms with Crippen LogP contribution in [0.25, 0.3) is 0 Å². The number of likely N-dealkylation sites (N-methyl/N-ethyl adjacent to an activating group) is 1. The third kappa shape index (κ3) is 3.09. The van der Waals surface area contributed by atoms with Crippen molar-refractivity contribution < 1.29 is 9.18 Å². The monoisotopic (exact) mass is 282 g/mol. The molecule has 1 aliphatic heterocycles. The van der Waals surface area contributed by atoms with E-state index in [-0.39, 0.29) is 23.8 Å². The Morgan fingerprint density at radius 2 is 2.26 bits per heavy atom. The number of hydrogen-bond donors (Lipinski definition) is 1. The fourth-order valence-electron chi connectivity index (χ4n) is 2.32. The Balaban J connectivity index is 2.16. The van der Waals surface area contributed by atoms with Gasteiger partial charge in [-0.2, -0.15) is 0 Å². The van der Waals surface area contributed by atoms with Gasteiger partial charge in [-0.05, 0) is 30.7 Å². The van der Waals surface area contributed by atoms with Crippen molar-refractivity contribution in [1.29, 1.82) is 0 Å². The number of carbonyl (C=O) groups is 1. The van der Waals surface area contributed by atoms with Crippen molar-refractivity contribution in [2.45, 2.75) is 30.3 Å². The molecule has 104 valence electrons. The summed E-state index contributed by atoms with van der Waals surface area (Å²) in [5.74, 6) is 0.742. The smallest absolute Gasteiger partial charge is 0.238 e. The molecular weight excluding hydrogens is 263 g/mol. The van der Waals surface area contributed by atoms with Gasteiger partial charge in [-0.1, -0.05) is 12.1 Å². The Morgan fingerprint density at radius 1 is 1.53 bits per heavy atom. The molecule has 0 bridgehead atoms. The second-order valence-corrected chi connectivity index (χ2v) is 6.07. The Labute approximate surface area is 117 Å². The molecule has 0 fully saturated rings. The van der Waals surface area contributed by atoms with Gasteiger partial charge in [0.2, 0.25) is 5.91 Å². The number of nitrogens with one attached hydrogen (secondary N) is 1. The van der Waals surface area contributed by atoms with Gasteiger partial charge in [0.25, 0.3) is 0 Å². The van der Waals surface area contributed by atoms with E-state index >= 15 is 0 Å².